The molecule has 1 nitrogen and oxygen atoms in total. The zero-order valence-electron chi connectivity index (χ0n) is 9.78. The van der Waals surface area contributed by atoms with E-state index in [9.17, 15) is 26.3 Å². The van der Waals surface area contributed by atoms with Gasteiger partial charge < -0.3 is 0 Å². The maximum atomic E-state index is 12.6. The van der Waals surface area contributed by atoms with Crippen molar-refractivity contribution in [3.8, 4) is 0 Å². The van der Waals surface area contributed by atoms with Crippen molar-refractivity contribution in [2.45, 2.75) is 25.3 Å². The van der Waals surface area contributed by atoms with Gasteiger partial charge in [-0.3, -0.25) is 4.90 Å². The Labute approximate surface area is 105 Å². The fraction of sp³-hybridized carbons (Fsp3) is 0.500. The smallest absolute Gasteiger partial charge is 0.299 e. The first kappa shape index (κ1) is 14.2. The number of nitrogens with zero attached hydrogens (tertiary/aromatic N) is 1. The molecule has 1 aliphatic rings. The molecule has 0 aromatic heterocycles. The first-order valence-electron chi connectivity index (χ1n) is 5.67. The van der Waals surface area contributed by atoms with Crippen molar-refractivity contribution >= 4 is 0 Å². The molecule has 0 unspecified atom stereocenters. The van der Waals surface area contributed by atoms with Crippen LogP contribution in [-0.2, 0) is 18.9 Å². The lowest BCUT2D eigenvalue weighted by Crippen LogP contribution is -2.36. The van der Waals surface area contributed by atoms with Gasteiger partial charge in [0.25, 0.3) is 0 Å². The molecule has 0 aliphatic carbocycles. The van der Waals surface area contributed by atoms with Crippen molar-refractivity contribution in [2.24, 2.45) is 0 Å². The summed E-state index contributed by atoms with van der Waals surface area (Å²) in [5, 5.41) is 0. The van der Waals surface area contributed by atoms with Crippen LogP contribution < -0.4 is 0 Å². The molecule has 7 heteroatoms. The van der Waals surface area contributed by atoms with Gasteiger partial charge in [-0.15, -0.1) is 0 Å². The molecule has 1 heterocycles. The highest BCUT2D eigenvalue weighted by Gasteiger charge is 2.37. The Morgan fingerprint density at radius 3 is 1.63 bits per heavy atom. The second-order valence-electron chi connectivity index (χ2n) is 4.54. The van der Waals surface area contributed by atoms with E-state index in [2.05, 4.69) is 0 Å². The van der Waals surface area contributed by atoms with Crippen molar-refractivity contribution in [3.05, 3.63) is 34.9 Å². The molecule has 0 saturated carbocycles. The zero-order valence-corrected chi connectivity index (χ0v) is 9.78. The van der Waals surface area contributed by atoms with Crippen LogP contribution in [0.5, 0.6) is 0 Å². The second kappa shape index (κ2) is 4.70. The van der Waals surface area contributed by atoms with E-state index in [1.165, 1.54) is 0 Å². The predicted molar refractivity (Wildman–Crippen MR) is 56.3 cm³/mol. The summed E-state index contributed by atoms with van der Waals surface area (Å²) in [5.74, 6) is 0. The van der Waals surface area contributed by atoms with Crippen LogP contribution in [0.4, 0.5) is 26.3 Å². The van der Waals surface area contributed by atoms with Gasteiger partial charge in [-0.05, 0) is 43.3 Å². The third-order valence-electron chi connectivity index (χ3n) is 3.00. The molecule has 0 bridgehead atoms. The molecule has 1 fully saturated rings. The molecule has 1 aromatic carbocycles. The van der Waals surface area contributed by atoms with Crippen molar-refractivity contribution in [1.82, 2.24) is 4.90 Å². The molecule has 0 radical (unpaired) electrons. The molecule has 2 rings (SSSR count). The summed E-state index contributed by atoms with van der Waals surface area (Å²) in [5.41, 5.74) is -2.46. The van der Waals surface area contributed by atoms with Crippen LogP contribution in [0.2, 0.25) is 0 Å². The number of halogens is 6. The van der Waals surface area contributed by atoms with E-state index in [1.807, 2.05) is 0 Å². The highest BCUT2D eigenvalue weighted by molar-refractivity contribution is 5.33. The third-order valence-corrected chi connectivity index (χ3v) is 3.00. The Morgan fingerprint density at radius 1 is 0.842 bits per heavy atom. The fourth-order valence-electron chi connectivity index (χ4n) is 1.91. The highest BCUT2D eigenvalue weighted by atomic mass is 19.4. The number of likely N-dealkylation sites (tertiary alicyclic amines) is 1. The van der Waals surface area contributed by atoms with Crippen LogP contribution >= 0.6 is 0 Å². The van der Waals surface area contributed by atoms with E-state index >= 15 is 0 Å². The van der Waals surface area contributed by atoms with Gasteiger partial charge >= 0.3 is 12.4 Å². The van der Waals surface area contributed by atoms with E-state index in [-0.39, 0.29) is 18.2 Å². The van der Waals surface area contributed by atoms with Crippen LogP contribution in [0.15, 0.2) is 18.2 Å². The van der Waals surface area contributed by atoms with Crippen molar-refractivity contribution in [2.75, 3.05) is 13.1 Å². The summed E-state index contributed by atoms with van der Waals surface area (Å²) < 4.78 is 75.5. The molecular formula is C12H11F6N. The van der Waals surface area contributed by atoms with Gasteiger partial charge in [0.15, 0.2) is 0 Å². The number of rotatable bonds is 2. The molecule has 19 heavy (non-hydrogen) atoms. The first-order valence-corrected chi connectivity index (χ1v) is 5.67. The Hall–Kier alpha value is -1.24. The van der Waals surface area contributed by atoms with Crippen LogP contribution in [0.1, 0.15) is 23.1 Å². The molecule has 0 N–H and O–H groups in total. The summed E-state index contributed by atoms with van der Waals surface area (Å²) in [4.78, 5) is 1.80. The Balaban J connectivity index is 2.36. The zero-order chi connectivity index (χ0) is 14.3. The number of hydrogen-bond acceptors (Lipinski definition) is 1. The van der Waals surface area contributed by atoms with Crippen LogP contribution in [0.25, 0.3) is 0 Å². The van der Waals surface area contributed by atoms with Crippen LogP contribution in [0.3, 0.4) is 0 Å². The molecule has 106 valence electrons. The van der Waals surface area contributed by atoms with Crippen LogP contribution in [-0.4, -0.2) is 18.0 Å². The quantitative estimate of drug-likeness (QED) is 0.743. The fourth-order valence-corrected chi connectivity index (χ4v) is 1.91. The molecule has 1 aromatic rings. The van der Waals surface area contributed by atoms with Gasteiger partial charge in [0.05, 0.1) is 11.1 Å². The summed E-state index contributed by atoms with van der Waals surface area (Å²) in [6.45, 7) is 1.53. The predicted octanol–water partition coefficient (Wildman–Crippen LogP) is 3.93. The minimum Gasteiger partial charge on any atom is -0.299 e. The van der Waals surface area contributed by atoms with Gasteiger partial charge in [0.2, 0.25) is 0 Å². The Kier molecular flexibility index (Phi) is 3.51. The molecule has 1 saturated heterocycles. The molecule has 0 atom stereocenters. The van der Waals surface area contributed by atoms with Crippen molar-refractivity contribution in [1.29, 1.82) is 0 Å². The normalized spacial score (nSPS) is 17.4. The number of benzene rings is 1. The lowest BCUT2D eigenvalue weighted by molar-refractivity contribution is -0.143. The maximum Gasteiger partial charge on any atom is 0.416 e. The Morgan fingerprint density at radius 2 is 1.32 bits per heavy atom. The van der Waals surface area contributed by atoms with E-state index in [4.69, 9.17) is 0 Å². The topological polar surface area (TPSA) is 3.24 Å². The minimum atomic E-state index is -4.77. The van der Waals surface area contributed by atoms with Gasteiger partial charge in [-0.25, -0.2) is 0 Å². The third kappa shape index (κ3) is 3.40. The summed E-state index contributed by atoms with van der Waals surface area (Å²) >= 11 is 0. The van der Waals surface area contributed by atoms with Crippen molar-refractivity contribution < 1.29 is 26.3 Å². The standard InChI is InChI=1S/C12H11F6N/c13-11(14,15)9-4-8(7-19-2-1-3-19)5-10(6-9)12(16,17)18/h4-6H,1-3,7H2. The summed E-state index contributed by atoms with van der Waals surface area (Å²) in [7, 11) is 0. The van der Waals surface area contributed by atoms with Gasteiger partial charge in [0.1, 0.15) is 0 Å². The van der Waals surface area contributed by atoms with E-state index in [0.29, 0.717) is 13.1 Å². The second-order valence-corrected chi connectivity index (χ2v) is 4.54. The van der Waals surface area contributed by atoms with Gasteiger partial charge in [-0.2, -0.15) is 26.3 Å². The number of hydrogen-bond donors (Lipinski definition) is 0. The van der Waals surface area contributed by atoms with Gasteiger partial charge in [-0.1, -0.05) is 0 Å². The highest BCUT2D eigenvalue weighted by Crippen LogP contribution is 2.36. The average molecular weight is 283 g/mol. The minimum absolute atomic E-state index is 0.0434. The summed E-state index contributed by atoms with van der Waals surface area (Å²) in [6, 6.07) is 1.72. The van der Waals surface area contributed by atoms with E-state index in [1.54, 1.807) is 4.90 Å². The largest absolute Gasteiger partial charge is 0.416 e. The first-order chi connectivity index (χ1) is 8.66. The van der Waals surface area contributed by atoms with E-state index in [0.717, 1.165) is 18.6 Å². The van der Waals surface area contributed by atoms with Gasteiger partial charge in [0, 0.05) is 6.54 Å². The van der Waals surface area contributed by atoms with Crippen LogP contribution in [0, 0.1) is 0 Å². The van der Waals surface area contributed by atoms with Crippen molar-refractivity contribution in [3.63, 3.8) is 0 Å². The molecular weight excluding hydrogens is 272 g/mol. The lowest BCUT2D eigenvalue weighted by atomic mass is 10.0. The molecule has 0 amide bonds. The lowest BCUT2D eigenvalue weighted by Gasteiger charge is -2.31. The van der Waals surface area contributed by atoms with E-state index < -0.39 is 23.5 Å². The monoisotopic (exact) mass is 283 g/mol. The molecule has 0 spiro atoms. The summed E-state index contributed by atoms with van der Waals surface area (Å²) in [6.07, 6.45) is -8.62. The number of alkyl halides is 6. The SMILES string of the molecule is FC(F)(F)c1cc(CN2CCC2)cc(C(F)(F)F)c1. The average Bonchev–Trinajstić information content (AvgIpc) is 2.21. The maximum absolute atomic E-state index is 12.6. The molecule has 1 aliphatic heterocycles. The Bertz CT molecular complexity index is 426.